The number of nitrogens with one attached hydrogen (secondary N) is 1. The monoisotopic (exact) mass is 533 g/mol. The van der Waals surface area contributed by atoms with Crippen molar-refractivity contribution in [1.29, 1.82) is 0 Å². The van der Waals surface area contributed by atoms with Gasteiger partial charge in [-0.3, -0.25) is 24.3 Å². The third-order valence-electron chi connectivity index (χ3n) is 4.84. The van der Waals surface area contributed by atoms with E-state index in [1.165, 1.54) is 11.3 Å². The van der Waals surface area contributed by atoms with Crippen molar-refractivity contribution in [3.8, 4) is 0 Å². The maximum atomic E-state index is 12.0. The summed E-state index contributed by atoms with van der Waals surface area (Å²) in [6, 6.07) is 11.6. The SMILES string of the molecule is O=C(NCCN(Cc1ccoc1)Cc1ccccn1)c1cccs1.O=C(O)CC(O)(CC(=O)O)C(=O)O. The fraction of sp³-hybridized carbons (Fsp3) is 0.292. The number of pyridine rings is 1. The van der Waals surface area contributed by atoms with Crippen molar-refractivity contribution in [2.75, 3.05) is 13.1 Å². The highest BCUT2D eigenvalue weighted by Crippen LogP contribution is 2.15. The van der Waals surface area contributed by atoms with E-state index < -0.39 is 36.4 Å². The molecule has 3 rings (SSSR count). The van der Waals surface area contributed by atoms with Gasteiger partial charge >= 0.3 is 17.9 Å². The quantitative estimate of drug-likeness (QED) is 0.216. The Morgan fingerprint density at radius 2 is 1.73 bits per heavy atom. The van der Waals surface area contributed by atoms with Crippen molar-refractivity contribution in [2.45, 2.75) is 31.5 Å². The van der Waals surface area contributed by atoms with E-state index in [0.29, 0.717) is 6.54 Å². The number of hydrogen-bond donors (Lipinski definition) is 5. The van der Waals surface area contributed by atoms with Crippen LogP contribution in [0.1, 0.15) is 33.8 Å². The van der Waals surface area contributed by atoms with Crippen LogP contribution in [0.5, 0.6) is 0 Å². The molecular weight excluding hydrogens is 506 g/mol. The van der Waals surface area contributed by atoms with Gasteiger partial charge in [0.25, 0.3) is 5.91 Å². The second kappa shape index (κ2) is 14.5. The van der Waals surface area contributed by atoms with Gasteiger partial charge in [0.2, 0.25) is 0 Å². The van der Waals surface area contributed by atoms with Crippen LogP contribution in [0, 0.1) is 0 Å². The molecule has 0 radical (unpaired) electrons. The fourth-order valence-corrected chi connectivity index (χ4v) is 3.75. The lowest BCUT2D eigenvalue weighted by atomic mass is 9.96. The number of rotatable bonds is 13. The molecule has 0 aliphatic rings. The van der Waals surface area contributed by atoms with Gasteiger partial charge in [-0.2, -0.15) is 0 Å². The van der Waals surface area contributed by atoms with E-state index in [1.807, 2.05) is 41.8 Å². The summed E-state index contributed by atoms with van der Waals surface area (Å²) in [5, 5.41) is 38.7. The highest BCUT2D eigenvalue weighted by molar-refractivity contribution is 7.12. The summed E-state index contributed by atoms with van der Waals surface area (Å²) in [5.74, 6) is -5.04. The number of aliphatic carboxylic acids is 3. The zero-order valence-corrected chi connectivity index (χ0v) is 20.5. The van der Waals surface area contributed by atoms with Crippen LogP contribution in [0.2, 0.25) is 0 Å². The second-order valence-corrected chi connectivity index (χ2v) is 8.82. The molecule has 0 atom stereocenters. The minimum atomic E-state index is -2.74. The Morgan fingerprint density at radius 1 is 1.00 bits per heavy atom. The van der Waals surface area contributed by atoms with E-state index in [-0.39, 0.29) is 5.91 Å². The number of carbonyl (C=O) groups is 4. The largest absolute Gasteiger partial charge is 0.481 e. The molecule has 3 aromatic heterocycles. The summed E-state index contributed by atoms with van der Waals surface area (Å²) >= 11 is 1.45. The predicted molar refractivity (Wildman–Crippen MR) is 131 cm³/mol. The van der Waals surface area contributed by atoms with Crippen LogP contribution in [0.15, 0.2) is 64.9 Å². The molecular formula is C24H27N3O9S. The zero-order valence-electron chi connectivity index (χ0n) is 19.6. The fourth-order valence-electron chi connectivity index (χ4n) is 3.11. The van der Waals surface area contributed by atoms with Gasteiger partial charge in [-0.05, 0) is 29.6 Å². The Bertz CT molecular complexity index is 1120. The molecule has 0 unspecified atom stereocenters. The number of furan rings is 1. The Morgan fingerprint density at radius 3 is 2.24 bits per heavy atom. The van der Waals surface area contributed by atoms with Crippen molar-refractivity contribution in [3.05, 3.63) is 76.6 Å². The molecule has 3 heterocycles. The Labute approximate surface area is 215 Å². The van der Waals surface area contributed by atoms with Crippen molar-refractivity contribution >= 4 is 35.2 Å². The van der Waals surface area contributed by atoms with Gasteiger partial charge < -0.3 is 30.2 Å². The molecule has 198 valence electrons. The van der Waals surface area contributed by atoms with Crippen LogP contribution >= 0.6 is 11.3 Å². The second-order valence-electron chi connectivity index (χ2n) is 7.87. The van der Waals surface area contributed by atoms with Crippen LogP contribution in [0.25, 0.3) is 0 Å². The molecule has 3 aromatic rings. The smallest absolute Gasteiger partial charge is 0.336 e. The number of thiophene rings is 1. The molecule has 37 heavy (non-hydrogen) atoms. The summed E-state index contributed by atoms with van der Waals surface area (Å²) in [5.41, 5.74) is -0.626. The number of aliphatic hydroxyl groups is 1. The molecule has 0 saturated carbocycles. The number of amides is 1. The van der Waals surface area contributed by atoms with E-state index in [4.69, 9.17) is 24.8 Å². The topological polar surface area (TPSA) is 190 Å². The van der Waals surface area contributed by atoms with Gasteiger partial charge in [0.15, 0.2) is 5.60 Å². The highest BCUT2D eigenvalue weighted by Gasteiger charge is 2.40. The van der Waals surface area contributed by atoms with Crippen molar-refractivity contribution < 1.29 is 44.0 Å². The molecule has 0 aliphatic heterocycles. The first-order chi connectivity index (χ1) is 17.6. The first kappa shape index (κ1) is 29.2. The minimum Gasteiger partial charge on any atom is -0.481 e. The summed E-state index contributed by atoms with van der Waals surface area (Å²) in [7, 11) is 0. The third kappa shape index (κ3) is 10.6. The first-order valence-electron chi connectivity index (χ1n) is 10.9. The molecule has 0 aliphatic carbocycles. The lowest BCUT2D eigenvalue weighted by Gasteiger charge is -2.21. The maximum Gasteiger partial charge on any atom is 0.336 e. The molecule has 13 heteroatoms. The van der Waals surface area contributed by atoms with E-state index in [0.717, 1.165) is 35.8 Å². The number of carbonyl (C=O) groups excluding carboxylic acids is 1. The number of carboxylic acid groups (broad SMARTS) is 3. The Hall–Kier alpha value is -4.07. The van der Waals surface area contributed by atoms with E-state index in [1.54, 1.807) is 18.7 Å². The Kier molecular flexibility index (Phi) is 11.4. The van der Waals surface area contributed by atoms with E-state index >= 15 is 0 Å². The van der Waals surface area contributed by atoms with Crippen LogP contribution in [0.3, 0.4) is 0 Å². The van der Waals surface area contributed by atoms with Crippen LogP contribution in [-0.2, 0) is 27.5 Å². The standard InChI is InChI=1S/C18H19N3O2S.C6H8O7/c22-18(17-5-3-11-24-17)20-8-9-21(12-15-6-10-23-14-15)13-16-4-1-2-7-19-16;7-3(8)1-6(13,5(11)12)2-4(9)10/h1-7,10-11,14H,8-9,12-13H2,(H,20,22);13H,1-2H2,(H,7,8)(H,9,10)(H,11,12). The molecule has 1 amide bonds. The number of carboxylic acids is 3. The van der Waals surface area contributed by atoms with Crippen molar-refractivity contribution in [1.82, 2.24) is 15.2 Å². The molecule has 0 spiro atoms. The van der Waals surface area contributed by atoms with Crippen LogP contribution in [-0.4, -0.2) is 72.8 Å². The maximum absolute atomic E-state index is 12.0. The average molecular weight is 534 g/mol. The van der Waals surface area contributed by atoms with Crippen LogP contribution < -0.4 is 5.32 Å². The van der Waals surface area contributed by atoms with Crippen molar-refractivity contribution in [2.24, 2.45) is 0 Å². The molecule has 12 nitrogen and oxygen atoms in total. The van der Waals surface area contributed by atoms with Gasteiger partial charge in [0, 0.05) is 37.9 Å². The lowest BCUT2D eigenvalue weighted by Crippen LogP contribution is -2.42. The van der Waals surface area contributed by atoms with Gasteiger partial charge in [-0.15, -0.1) is 11.3 Å². The van der Waals surface area contributed by atoms with Gasteiger partial charge in [0.05, 0.1) is 35.9 Å². The van der Waals surface area contributed by atoms with Gasteiger partial charge in [0.1, 0.15) is 0 Å². The molecule has 5 N–H and O–H groups in total. The van der Waals surface area contributed by atoms with E-state index in [2.05, 4.69) is 15.2 Å². The minimum absolute atomic E-state index is 0.0221. The molecule has 0 fully saturated rings. The molecule has 0 aromatic carbocycles. The Balaban J connectivity index is 0.000000317. The summed E-state index contributed by atoms with van der Waals surface area (Å²) in [6.07, 6.45) is 2.93. The van der Waals surface area contributed by atoms with Gasteiger partial charge in [-0.1, -0.05) is 12.1 Å². The summed E-state index contributed by atoms with van der Waals surface area (Å²) < 4.78 is 5.15. The predicted octanol–water partition coefficient (Wildman–Crippen LogP) is 1.92. The zero-order chi connectivity index (χ0) is 27.3. The summed E-state index contributed by atoms with van der Waals surface area (Å²) in [6.45, 7) is 2.79. The normalized spacial score (nSPS) is 10.9. The van der Waals surface area contributed by atoms with Crippen LogP contribution in [0.4, 0.5) is 0 Å². The van der Waals surface area contributed by atoms with E-state index in [9.17, 15) is 19.2 Å². The average Bonchev–Trinajstić information content (AvgIpc) is 3.53. The molecule has 0 bridgehead atoms. The first-order valence-corrected chi connectivity index (χ1v) is 11.8. The third-order valence-corrected chi connectivity index (χ3v) is 5.71. The summed E-state index contributed by atoms with van der Waals surface area (Å²) in [4.78, 5) is 49.9. The number of hydrogen-bond acceptors (Lipinski definition) is 9. The number of aromatic nitrogens is 1. The number of nitrogens with zero attached hydrogens (tertiary/aromatic N) is 2. The van der Waals surface area contributed by atoms with Gasteiger partial charge in [-0.25, -0.2) is 4.79 Å². The lowest BCUT2D eigenvalue weighted by molar-refractivity contribution is -0.170. The highest BCUT2D eigenvalue weighted by atomic mass is 32.1. The molecule has 0 saturated heterocycles. The van der Waals surface area contributed by atoms with Crippen molar-refractivity contribution in [3.63, 3.8) is 0 Å².